The Morgan fingerprint density at radius 1 is 1.25 bits per heavy atom. The Balaban J connectivity index is 1.88. The minimum Gasteiger partial charge on any atom is -0.388 e. The number of halogens is 1. The molecular weight excluding hydrogens is 290 g/mol. The summed E-state index contributed by atoms with van der Waals surface area (Å²) in [6, 6.07) is 9.58. The summed E-state index contributed by atoms with van der Waals surface area (Å²) in [5, 5.41) is 16.2. The first-order valence-electron chi connectivity index (χ1n) is 6.48. The number of aryl methyl sites for hydroxylation is 1. The van der Waals surface area contributed by atoms with Crippen LogP contribution >= 0.6 is 22.9 Å². The third kappa shape index (κ3) is 2.70. The van der Waals surface area contributed by atoms with Gasteiger partial charge in [-0.25, -0.2) is 0 Å². The fourth-order valence-electron chi connectivity index (χ4n) is 2.32. The highest BCUT2D eigenvalue weighted by atomic mass is 35.5. The average molecular weight is 304 g/mol. The number of thiophene rings is 1. The van der Waals surface area contributed by atoms with Gasteiger partial charge in [-0.3, -0.25) is 4.98 Å². The second-order valence-electron chi connectivity index (χ2n) is 4.72. The first kappa shape index (κ1) is 13.6. The van der Waals surface area contributed by atoms with E-state index < -0.39 is 6.10 Å². The van der Waals surface area contributed by atoms with E-state index in [1.807, 2.05) is 24.3 Å². The van der Waals surface area contributed by atoms with Gasteiger partial charge in [0.15, 0.2) is 0 Å². The van der Waals surface area contributed by atoms with Gasteiger partial charge in [0, 0.05) is 22.2 Å². The second-order valence-corrected chi connectivity index (χ2v) is 5.91. The van der Waals surface area contributed by atoms with Gasteiger partial charge < -0.3 is 5.11 Å². The SMILES string of the molecule is OC(CCc1ccsc1)c1ccc(Cl)c2cccnc12. The van der Waals surface area contributed by atoms with E-state index >= 15 is 0 Å². The maximum absolute atomic E-state index is 10.4. The normalized spacial score (nSPS) is 12.7. The van der Waals surface area contributed by atoms with E-state index in [0.29, 0.717) is 11.4 Å². The third-order valence-electron chi connectivity index (χ3n) is 3.39. The van der Waals surface area contributed by atoms with Crippen molar-refractivity contribution in [2.45, 2.75) is 18.9 Å². The number of benzene rings is 1. The number of nitrogens with zero attached hydrogens (tertiary/aromatic N) is 1. The molecule has 4 heteroatoms. The molecule has 1 aromatic carbocycles. The molecule has 102 valence electrons. The van der Waals surface area contributed by atoms with Crippen LogP contribution in [0.25, 0.3) is 10.9 Å². The molecule has 0 aliphatic carbocycles. The van der Waals surface area contributed by atoms with Crippen molar-refractivity contribution >= 4 is 33.8 Å². The Hall–Kier alpha value is -1.42. The van der Waals surface area contributed by atoms with Crippen molar-refractivity contribution in [2.75, 3.05) is 0 Å². The molecule has 0 saturated heterocycles. The molecule has 0 amide bonds. The molecule has 2 heterocycles. The lowest BCUT2D eigenvalue weighted by Gasteiger charge is -2.13. The summed E-state index contributed by atoms with van der Waals surface area (Å²) in [4.78, 5) is 4.37. The van der Waals surface area contributed by atoms with Crippen LogP contribution in [-0.4, -0.2) is 10.1 Å². The monoisotopic (exact) mass is 303 g/mol. The zero-order valence-corrected chi connectivity index (χ0v) is 12.4. The highest BCUT2D eigenvalue weighted by Crippen LogP contribution is 2.30. The van der Waals surface area contributed by atoms with E-state index in [1.54, 1.807) is 17.5 Å². The first-order valence-corrected chi connectivity index (χ1v) is 7.80. The van der Waals surface area contributed by atoms with Crippen molar-refractivity contribution < 1.29 is 5.11 Å². The number of pyridine rings is 1. The van der Waals surface area contributed by atoms with Crippen LogP contribution in [0.15, 0.2) is 47.3 Å². The molecule has 20 heavy (non-hydrogen) atoms. The van der Waals surface area contributed by atoms with Crippen molar-refractivity contribution in [3.8, 4) is 0 Å². The van der Waals surface area contributed by atoms with Crippen LogP contribution < -0.4 is 0 Å². The molecule has 0 saturated carbocycles. The standard InChI is InChI=1S/C16H14ClNOS/c17-14-5-4-13(16-12(14)2-1-8-18-16)15(19)6-3-11-7-9-20-10-11/h1-2,4-5,7-10,15,19H,3,6H2. The lowest BCUT2D eigenvalue weighted by Crippen LogP contribution is -2.01. The molecule has 3 rings (SSSR count). The molecule has 0 aliphatic rings. The molecular formula is C16H14ClNOS. The van der Waals surface area contributed by atoms with Crippen LogP contribution in [0, 0.1) is 0 Å². The average Bonchev–Trinajstić information content (AvgIpc) is 2.99. The van der Waals surface area contributed by atoms with Crippen LogP contribution in [-0.2, 0) is 6.42 Å². The van der Waals surface area contributed by atoms with E-state index in [-0.39, 0.29) is 0 Å². The van der Waals surface area contributed by atoms with Crippen molar-refractivity contribution in [3.63, 3.8) is 0 Å². The van der Waals surface area contributed by atoms with Gasteiger partial charge in [0.25, 0.3) is 0 Å². The van der Waals surface area contributed by atoms with E-state index in [2.05, 4.69) is 21.8 Å². The predicted octanol–water partition coefficient (Wildman–Crippen LogP) is 4.62. The van der Waals surface area contributed by atoms with Crippen LogP contribution in [0.5, 0.6) is 0 Å². The Morgan fingerprint density at radius 3 is 2.95 bits per heavy atom. The summed E-state index contributed by atoms with van der Waals surface area (Å²) in [7, 11) is 0. The van der Waals surface area contributed by atoms with E-state index in [0.717, 1.165) is 22.9 Å². The lowest BCUT2D eigenvalue weighted by atomic mass is 10.00. The molecule has 0 aliphatic heterocycles. The number of aromatic nitrogens is 1. The van der Waals surface area contributed by atoms with E-state index in [9.17, 15) is 5.11 Å². The van der Waals surface area contributed by atoms with Crippen LogP contribution in [0.1, 0.15) is 23.7 Å². The van der Waals surface area contributed by atoms with Crippen molar-refractivity contribution in [3.05, 3.63) is 63.4 Å². The maximum atomic E-state index is 10.4. The minimum atomic E-state index is -0.524. The van der Waals surface area contributed by atoms with Gasteiger partial charge in [-0.1, -0.05) is 17.7 Å². The van der Waals surface area contributed by atoms with Crippen LogP contribution in [0.4, 0.5) is 0 Å². The quantitative estimate of drug-likeness (QED) is 0.763. The van der Waals surface area contributed by atoms with Gasteiger partial charge in [-0.05, 0) is 53.4 Å². The smallest absolute Gasteiger partial charge is 0.0814 e. The Labute approximate surface area is 126 Å². The zero-order valence-electron chi connectivity index (χ0n) is 10.8. The summed E-state index contributed by atoms with van der Waals surface area (Å²) in [6.45, 7) is 0. The Morgan fingerprint density at radius 2 is 2.15 bits per heavy atom. The molecule has 0 fully saturated rings. The maximum Gasteiger partial charge on any atom is 0.0814 e. The van der Waals surface area contributed by atoms with Gasteiger partial charge in [-0.15, -0.1) is 0 Å². The predicted molar refractivity (Wildman–Crippen MR) is 84.4 cm³/mol. The first-order chi connectivity index (χ1) is 9.75. The summed E-state index contributed by atoms with van der Waals surface area (Å²) in [5.41, 5.74) is 2.90. The Kier molecular flexibility index (Phi) is 4.01. The lowest BCUT2D eigenvalue weighted by molar-refractivity contribution is 0.169. The fourth-order valence-corrected chi connectivity index (χ4v) is 3.24. The highest BCUT2D eigenvalue weighted by Gasteiger charge is 2.14. The molecule has 1 unspecified atom stereocenters. The van der Waals surface area contributed by atoms with Crippen molar-refractivity contribution in [2.24, 2.45) is 0 Å². The summed E-state index contributed by atoms with van der Waals surface area (Å²) in [6.07, 6.45) is 2.75. The number of aliphatic hydroxyl groups is 1. The molecule has 0 spiro atoms. The summed E-state index contributed by atoms with van der Waals surface area (Å²) >= 11 is 7.85. The number of rotatable bonds is 4. The van der Waals surface area contributed by atoms with Crippen LogP contribution in [0.3, 0.4) is 0 Å². The van der Waals surface area contributed by atoms with Gasteiger partial charge in [-0.2, -0.15) is 11.3 Å². The highest BCUT2D eigenvalue weighted by molar-refractivity contribution is 7.07. The fraction of sp³-hybridized carbons (Fsp3) is 0.188. The van der Waals surface area contributed by atoms with Crippen molar-refractivity contribution in [1.82, 2.24) is 4.98 Å². The van der Waals surface area contributed by atoms with Gasteiger partial charge in [0.05, 0.1) is 11.6 Å². The largest absolute Gasteiger partial charge is 0.388 e. The van der Waals surface area contributed by atoms with Gasteiger partial charge in [0.2, 0.25) is 0 Å². The molecule has 1 N–H and O–H groups in total. The summed E-state index contributed by atoms with van der Waals surface area (Å²) in [5.74, 6) is 0. The van der Waals surface area contributed by atoms with Crippen LogP contribution in [0.2, 0.25) is 5.02 Å². The molecule has 1 atom stereocenters. The number of hydrogen-bond donors (Lipinski definition) is 1. The number of hydrogen-bond acceptors (Lipinski definition) is 3. The molecule has 2 nitrogen and oxygen atoms in total. The third-order valence-corrected chi connectivity index (χ3v) is 4.45. The minimum absolute atomic E-state index is 0.524. The number of aliphatic hydroxyl groups excluding tert-OH is 1. The second kappa shape index (κ2) is 5.92. The molecule has 2 aromatic heterocycles. The van der Waals surface area contributed by atoms with E-state index in [1.165, 1.54) is 5.56 Å². The van der Waals surface area contributed by atoms with Crippen molar-refractivity contribution in [1.29, 1.82) is 0 Å². The number of fused-ring (bicyclic) bond motifs is 1. The van der Waals surface area contributed by atoms with Gasteiger partial charge in [0.1, 0.15) is 0 Å². The Bertz CT molecular complexity index is 712. The zero-order chi connectivity index (χ0) is 13.9. The van der Waals surface area contributed by atoms with Gasteiger partial charge >= 0.3 is 0 Å². The topological polar surface area (TPSA) is 33.1 Å². The summed E-state index contributed by atoms with van der Waals surface area (Å²) < 4.78 is 0. The molecule has 0 radical (unpaired) electrons. The molecule has 3 aromatic rings. The molecule has 0 bridgehead atoms. The van der Waals surface area contributed by atoms with E-state index in [4.69, 9.17) is 11.6 Å².